The molecule has 0 saturated carbocycles. The molecule has 0 aliphatic carbocycles. The number of β-amino-alcohol motifs (C(OH)–C–C–N with tert-alkyl or cyclic N) is 1. The van der Waals surface area contributed by atoms with Crippen molar-refractivity contribution in [2.24, 2.45) is 0 Å². The molecule has 2 heterocycles. The van der Waals surface area contributed by atoms with Crippen LogP contribution in [-0.2, 0) is 25.5 Å². The standard InChI is InChI=1S/C26H40N4O5/c1-7-18-8-9-23-22(10-18)19(13-29(23)17(4)31)11-20-12-21(32)14-30(20)26(34)24(16(3)35-6)28-25(33)15(2)27-5/h8-10,15-16,19-21,24,27,32H,7,11-14H2,1-6H3,(H,28,33)/t15-,16?,19?,20-,21?,24-/m0/s1. The number of nitrogens with zero attached hydrogens (tertiary/aromatic N) is 2. The fourth-order valence-electron chi connectivity index (χ4n) is 5.13. The number of rotatable bonds is 9. The Morgan fingerprint density at radius 3 is 2.54 bits per heavy atom. The summed E-state index contributed by atoms with van der Waals surface area (Å²) in [5.41, 5.74) is 3.25. The molecule has 9 heteroatoms. The lowest BCUT2D eigenvalue weighted by molar-refractivity contribution is -0.141. The normalized spacial score (nSPS) is 24.1. The molecule has 3 N–H and O–H groups in total. The number of hydrogen-bond donors (Lipinski definition) is 3. The number of carbonyl (C=O) groups excluding carboxylic acids is 3. The van der Waals surface area contributed by atoms with Crippen LogP contribution in [0.3, 0.4) is 0 Å². The zero-order chi connectivity index (χ0) is 25.9. The fraction of sp³-hybridized carbons (Fsp3) is 0.654. The largest absolute Gasteiger partial charge is 0.391 e. The summed E-state index contributed by atoms with van der Waals surface area (Å²) in [6.07, 6.45) is 0.804. The van der Waals surface area contributed by atoms with E-state index in [0.29, 0.717) is 19.4 Å². The number of amides is 3. The van der Waals surface area contributed by atoms with Crippen molar-refractivity contribution in [3.05, 3.63) is 29.3 Å². The molecular formula is C26H40N4O5. The van der Waals surface area contributed by atoms with Gasteiger partial charge in [0.05, 0.1) is 18.2 Å². The lowest BCUT2D eigenvalue weighted by Gasteiger charge is -2.33. The fourth-order valence-corrected chi connectivity index (χ4v) is 5.13. The van der Waals surface area contributed by atoms with Crippen molar-refractivity contribution in [3.63, 3.8) is 0 Å². The average Bonchev–Trinajstić information content (AvgIpc) is 3.40. The number of aryl methyl sites for hydroxylation is 1. The van der Waals surface area contributed by atoms with E-state index in [4.69, 9.17) is 4.74 Å². The minimum absolute atomic E-state index is 0.00673. The molecule has 0 radical (unpaired) electrons. The molecule has 6 atom stereocenters. The highest BCUT2D eigenvalue weighted by Gasteiger charge is 2.42. The molecule has 3 amide bonds. The third-order valence-corrected chi connectivity index (χ3v) is 7.48. The van der Waals surface area contributed by atoms with E-state index >= 15 is 0 Å². The minimum atomic E-state index is -0.868. The number of benzene rings is 1. The Labute approximate surface area is 208 Å². The molecule has 35 heavy (non-hydrogen) atoms. The lowest BCUT2D eigenvalue weighted by atomic mass is 9.91. The third-order valence-electron chi connectivity index (χ3n) is 7.48. The maximum absolute atomic E-state index is 13.7. The molecule has 0 bridgehead atoms. The number of likely N-dealkylation sites (tertiary alicyclic amines) is 1. The Hall–Kier alpha value is -2.49. The van der Waals surface area contributed by atoms with E-state index in [1.165, 1.54) is 12.7 Å². The summed E-state index contributed by atoms with van der Waals surface area (Å²) in [7, 11) is 3.19. The molecule has 0 spiro atoms. The van der Waals surface area contributed by atoms with E-state index in [1.54, 1.807) is 37.6 Å². The van der Waals surface area contributed by atoms with E-state index in [-0.39, 0.29) is 36.2 Å². The van der Waals surface area contributed by atoms with E-state index in [0.717, 1.165) is 17.7 Å². The molecule has 2 aliphatic rings. The van der Waals surface area contributed by atoms with E-state index in [1.807, 2.05) is 6.07 Å². The molecule has 3 unspecified atom stereocenters. The number of aliphatic hydroxyl groups is 1. The predicted octanol–water partition coefficient (Wildman–Crippen LogP) is 1.18. The van der Waals surface area contributed by atoms with Gasteiger partial charge in [-0.1, -0.05) is 19.1 Å². The number of likely N-dealkylation sites (N-methyl/N-ethyl adjacent to an activating group) is 1. The van der Waals surface area contributed by atoms with Gasteiger partial charge in [-0.2, -0.15) is 0 Å². The number of ether oxygens (including phenoxy) is 1. The number of methoxy groups -OCH3 is 1. The van der Waals surface area contributed by atoms with Crippen molar-refractivity contribution in [2.45, 2.75) is 83.2 Å². The third kappa shape index (κ3) is 5.85. The molecule has 3 rings (SSSR count). The molecule has 2 aliphatic heterocycles. The summed E-state index contributed by atoms with van der Waals surface area (Å²) in [6.45, 7) is 7.90. The highest BCUT2D eigenvalue weighted by molar-refractivity contribution is 5.94. The summed E-state index contributed by atoms with van der Waals surface area (Å²) in [5, 5.41) is 16.2. The first kappa shape index (κ1) is 27.1. The van der Waals surface area contributed by atoms with Crippen LogP contribution < -0.4 is 15.5 Å². The minimum Gasteiger partial charge on any atom is -0.391 e. The van der Waals surface area contributed by atoms with Crippen LogP contribution in [0, 0.1) is 0 Å². The highest BCUT2D eigenvalue weighted by atomic mass is 16.5. The van der Waals surface area contributed by atoms with Gasteiger partial charge in [0.2, 0.25) is 17.7 Å². The maximum Gasteiger partial charge on any atom is 0.248 e. The first-order valence-electron chi connectivity index (χ1n) is 12.5. The van der Waals surface area contributed by atoms with Gasteiger partial charge in [-0.3, -0.25) is 14.4 Å². The van der Waals surface area contributed by atoms with Crippen molar-refractivity contribution < 1.29 is 24.2 Å². The molecule has 0 aromatic heterocycles. The zero-order valence-electron chi connectivity index (χ0n) is 21.7. The Kier molecular flexibility index (Phi) is 8.90. The van der Waals surface area contributed by atoms with Crippen molar-refractivity contribution in [3.8, 4) is 0 Å². The van der Waals surface area contributed by atoms with Gasteiger partial charge in [0.15, 0.2) is 0 Å². The maximum atomic E-state index is 13.7. The van der Waals surface area contributed by atoms with Crippen LogP contribution in [0.2, 0.25) is 0 Å². The second kappa shape index (κ2) is 11.5. The van der Waals surface area contributed by atoms with E-state index in [2.05, 4.69) is 29.7 Å². The molecule has 1 saturated heterocycles. The van der Waals surface area contributed by atoms with E-state index < -0.39 is 24.3 Å². The van der Waals surface area contributed by atoms with Gasteiger partial charge in [-0.25, -0.2) is 0 Å². The number of carbonyl (C=O) groups is 3. The summed E-state index contributed by atoms with van der Waals surface area (Å²) < 4.78 is 5.43. The van der Waals surface area contributed by atoms with Crippen LogP contribution in [0.1, 0.15) is 57.6 Å². The van der Waals surface area contributed by atoms with Crippen LogP contribution in [-0.4, -0.2) is 85.3 Å². The monoisotopic (exact) mass is 488 g/mol. The second-order valence-corrected chi connectivity index (χ2v) is 9.78. The molecule has 9 nitrogen and oxygen atoms in total. The lowest BCUT2D eigenvalue weighted by Crippen LogP contribution is -2.57. The summed E-state index contributed by atoms with van der Waals surface area (Å²) in [4.78, 5) is 42.0. The highest BCUT2D eigenvalue weighted by Crippen LogP contribution is 2.41. The van der Waals surface area contributed by atoms with Crippen LogP contribution in [0.4, 0.5) is 5.69 Å². The summed E-state index contributed by atoms with van der Waals surface area (Å²) in [5.74, 6) is -0.502. The van der Waals surface area contributed by atoms with Gasteiger partial charge in [-0.05, 0) is 57.4 Å². The smallest absolute Gasteiger partial charge is 0.248 e. The van der Waals surface area contributed by atoms with Gasteiger partial charge in [-0.15, -0.1) is 0 Å². The number of aliphatic hydroxyl groups excluding tert-OH is 1. The Morgan fingerprint density at radius 2 is 1.94 bits per heavy atom. The van der Waals surface area contributed by atoms with Gasteiger partial charge in [0, 0.05) is 44.8 Å². The first-order valence-corrected chi connectivity index (χ1v) is 12.5. The Morgan fingerprint density at radius 1 is 1.23 bits per heavy atom. The number of nitrogens with one attached hydrogen (secondary N) is 2. The van der Waals surface area contributed by atoms with Crippen LogP contribution in [0.5, 0.6) is 0 Å². The van der Waals surface area contributed by atoms with Gasteiger partial charge in [0.1, 0.15) is 6.04 Å². The van der Waals surface area contributed by atoms with Gasteiger partial charge in [0.25, 0.3) is 0 Å². The second-order valence-electron chi connectivity index (χ2n) is 9.78. The number of anilines is 1. The molecule has 194 valence electrons. The predicted molar refractivity (Wildman–Crippen MR) is 134 cm³/mol. The quantitative estimate of drug-likeness (QED) is 0.481. The Bertz CT molecular complexity index is 938. The molecule has 1 aromatic rings. The zero-order valence-corrected chi connectivity index (χ0v) is 21.7. The summed E-state index contributed by atoms with van der Waals surface area (Å²) >= 11 is 0. The Balaban J connectivity index is 1.84. The van der Waals surface area contributed by atoms with Crippen molar-refractivity contribution in [1.82, 2.24) is 15.5 Å². The number of hydrogen-bond acceptors (Lipinski definition) is 6. The van der Waals surface area contributed by atoms with Crippen LogP contribution >= 0.6 is 0 Å². The average molecular weight is 489 g/mol. The molecule has 1 aromatic carbocycles. The van der Waals surface area contributed by atoms with Crippen LogP contribution in [0.15, 0.2) is 18.2 Å². The topological polar surface area (TPSA) is 111 Å². The van der Waals surface area contributed by atoms with E-state index in [9.17, 15) is 19.5 Å². The SMILES string of the molecule is CCc1ccc2c(c1)C(C[C@H]1CC(O)CN1C(=O)[C@@H](NC(=O)[C@H](C)NC)C(C)OC)CN2C(C)=O. The first-order chi connectivity index (χ1) is 16.6. The van der Waals surface area contributed by atoms with Crippen molar-refractivity contribution in [1.29, 1.82) is 0 Å². The van der Waals surface area contributed by atoms with Crippen molar-refractivity contribution in [2.75, 3.05) is 32.1 Å². The van der Waals surface area contributed by atoms with Gasteiger partial charge >= 0.3 is 0 Å². The van der Waals surface area contributed by atoms with Gasteiger partial charge < -0.3 is 30.3 Å². The van der Waals surface area contributed by atoms with Crippen molar-refractivity contribution >= 4 is 23.4 Å². The number of fused-ring (bicyclic) bond motifs is 1. The molecular weight excluding hydrogens is 448 g/mol. The van der Waals surface area contributed by atoms with Crippen LogP contribution in [0.25, 0.3) is 0 Å². The summed E-state index contributed by atoms with van der Waals surface area (Å²) in [6, 6.07) is 4.68. The molecule has 1 fully saturated rings.